The number of aryl methyl sites for hydroxylation is 2. The van der Waals surface area contributed by atoms with Crippen LogP contribution in [0.2, 0.25) is 0 Å². The first-order valence-electron chi connectivity index (χ1n) is 9.06. The SMILES string of the molecule is COc1cc(S(=O)(=O)N(Cc2cnn(C)c2)C2CC2)ccc1-c1ccnn1C. The largest absolute Gasteiger partial charge is 0.496 e. The highest BCUT2D eigenvalue weighted by Crippen LogP contribution is 2.36. The smallest absolute Gasteiger partial charge is 0.243 e. The summed E-state index contributed by atoms with van der Waals surface area (Å²) in [7, 11) is 1.54. The number of ether oxygens (including phenoxy) is 1. The molecule has 9 heteroatoms. The molecule has 1 aromatic carbocycles. The van der Waals surface area contributed by atoms with Crippen molar-refractivity contribution in [2.45, 2.75) is 30.3 Å². The Morgan fingerprint density at radius 2 is 2.00 bits per heavy atom. The van der Waals surface area contributed by atoms with Crippen LogP contribution in [0.1, 0.15) is 18.4 Å². The molecule has 0 aliphatic heterocycles. The van der Waals surface area contributed by atoms with E-state index in [1.54, 1.807) is 51.4 Å². The molecule has 2 aromatic heterocycles. The molecule has 0 atom stereocenters. The van der Waals surface area contributed by atoms with Gasteiger partial charge in [-0.25, -0.2) is 8.42 Å². The quantitative estimate of drug-likeness (QED) is 0.606. The van der Waals surface area contributed by atoms with Crippen LogP contribution in [0, 0.1) is 0 Å². The molecule has 3 aromatic rings. The first-order chi connectivity index (χ1) is 13.4. The Morgan fingerprint density at radius 3 is 2.57 bits per heavy atom. The van der Waals surface area contributed by atoms with Gasteiger partial charge in [-0.3, -0.25) is 9.36 Å². The lowest BCUT2D eigenvalue weighted by Crippen LogP contribution is -2.32. The lowest BCUT2D eigenvalue weighted by Gasteiger charge is -2.22. The fourth-order valence-corrected chi connectivity index (χ4v) is 5.01. The van der Waals surface area contributed by atoms with Crippen LogP contribution in [-0.4, -0.2) is 45.4 Å². The molecule has 0 unspecified atom stereocenters. The van der Waals surface area contributed by atoms with Crippen molar-refractivity contribution in [3.63, 3.8) is 0 Å². The van der Waals surface area contributed by atoms with Crippen LogP contribution in [0.15, 0.2) is 47.8 Å². The molecule has 0 bridgehead atoms. The number of nitrogens with zero attached hydrogens (tertiary/aromatic N) is 5. The van der Waals surface area contributed by atoms with Crippen LogP contribution in [0.3, 0.4) is 0 Å². The maximum atomic E-state index is 13.4. The summed E-state index contributed by atoms with van der Waals surface area (Å²) in [5.74, 6) is 0.502. The summed E-state index contributed by atoms with van der Waals surface area (Å²) >= 11 is 0. The minimum Gasteiger partial charge on any atom is -0.496 e. The molecule has 1 fully saturated rings. The van der Waals surface area contributed by atoms with Crippen molar-refractivity contribution < 1.29 is 13.2 Å². The molecule has 0 radical (unpaired) electrons. The van der Waals surface area contributed by atoms with E-state index in [1.807, 2.05) is 26.4 Å². The Bertz CT molecular complexity index is 1100. The molecule has 8 nitrogen and oxygen atoms in total. The standard InChI is InChI=1S/C19H23N5O3S/c1-22-12-14(11-21-22)13-24(15-4-5-15)28(25,26)16-6-7-17(19(10-16)27-3)18-8-9-20-23(18)2/h6-12,15H,4-5,13H2,1-3H3. The van der Waals surface area contributed by atoms with E-state index in [9.17, 15) is 8.42 Å². The zero-order valence-corrected chi connectivity index (χ0v) is 16.9. The van der Waals surface area contributed by atoms with E-state index in [2.05, 4.69) is 10.2 Å². The molecule has 0 spiro atoms. The maximum absolute atomic E-state index is 13.4. The topological polar surface area (TPSA) is 82.2 Å². The van der Waals surface area contributed by atoms with Crippen LogP contribution in [-0.2, 0) is 30.7 Å². The summed E-state index contributed by atoms with van der Waals surface area (Å²) in [6.45, 7) is 0.312. The summed E-state index contributed by atoms with van der Waals surface area (Å²) in [6, 6.07) is 6.91. The van der Waals surface area contributed by atoms with Gasteiger partial charge in [0.15, 0.2) is 0 Å². The third kappa shape index (κ3) is 3.43. The Hall–Kier alpha value is -2.65. The van der Waals surface area contributed by atoms with Crippen LogP contribution >= 0.6 is 0 Å². The summed E-state index contributed by atoms with van der Waals surface area (Å²) in [4.78, 5) is 0.228. The summed E-state index contributed by atoms with van der Waals surface area (Å²) in [5.41, 5.74) is 2.53. The zero-order valence-electron chi connectivity index (χ0n) is 16.1. The number of hydrogen-bond donors (Lipinski definition) is 0. The van der Waals surface area contributed by atoms with Gasteiger partial charge in [-0.1, -0.05) is 0 Å². The maximum Gasteiger partial charge on any atom is 0.243 e. The fourth-order valence-electron chi connectivity index (χ4n) is 3.32. The van der Waals surface area contributed by atoms with Crippen molar-refractivity contribution in [3.05, 3.63) is 48.4 Å². The molecule has 1 saturated carbocycles. The third-order valence-electron chi connectivity index (χ3n) is 4.93. The summed E-state index contributed by atoms with van der Waals surface area (Å²) in [6.07, 6.45) is 7.00. The second kappa shape index (κ2) is 7.06. The number of hydrogen-bond acceptors (Lipinski definition) is 5. The van der Waals surface area contributed by atoms with Gasteiger partial charge in [0.1, 0.15) is 5.75 Å². The molecular weight excluding hydrogens is 378 g/mol. The van der Waals surface area contributed by atoms with Crippen molar-refractivity contribution in [2.24, 2.45) is 14.1 Å². The third-order valence-corrected chi connectivity index (χ3v) is 6.82. The Labute approximate surface area is 164 Å². The summed E-state index contributed by atoms with van der Waals surface area (Å²) < 4.78 is 37.2. The van der Waals surface area contributed by atoms with Crippen LogP contribution in [0.4, 0.5) is 0 Å². The Kier molecular flexibility index (Phi) is 4.72. The molecule has 148 valence electrons. The predicted molar refractivity (Wildman–Crippen MR) is 104 cm³/mol. The van der Waals surface area contributed by atoms with Gasteiger partial charge in [-0.2, -0.15) is 14.5 Å². The minimum atomic E-state index is -3.66. The van der Waals surface area contributed by atoms with E-state index in [-0.39, 0.29) is 10.9 Å². The van der Waals surface area contributed by atoms with Gasteiger partial charge in [0, 0.05) is 56.3 Å². The zero-order chi connectivity index (χ0) is 19.9. The lowest BCUT2D eigenvalue weighted by molar-refractivity contribution is 0.396. The summed E-state index contributed by atoms with van der Waals surface area (Å²) in [5, 5.41) is 8.32. The number of benzene rings is 1. The van der Waals surface area contributed by atoms with E-state index in [0.29, 0.717) is 12.3 Å². The van der Waals surface area contributed by atoms with Crippen molar-refractivity contribution in [1.82, 2.24) is 23.9 Å². The van der Waals surface area contributed by atoms with Gasteiger partial charge in [-0.05, 0) is 31.0 Å². The molecule has 1 aliphatic carbocycles. The molecule has 2 heterocycles. The minimum absolute atomic E-state index is 0.0351. The van der Waals surface area contributed by atoms with Gasteiger partial charge < -0.3 is 4.74 Å². The van der Waals surface area contributed by atoms with Gasteiger partial charge in [-0.15, -0.1) is 0 Å². The van der Waals surface area contributed by atoms with Crippen LogP contribution < -0.4 is 4.74 Å². The van der Waals surface area contributed by atoms with Gasteiger partial charge in [0.2, 0.25) is 10.0 Å². The number of aromatic nitrogens is 4. The highest BCUT2D eigenvalue weighted by Gasteiger charge is 2.38. The lowest BCUT2D eigenvalue weighted by atomic mass is 10.1. The van der Waals surface area contributed by atoms with Crippen molar-refractivity contribution in [3.8, 4) is 17.0 Å². The molecule has 28 heavy (non-hydrogen) atoms. The number of sulfonamides is 1. The van der Waals surface area contributed by atoms with Crippen molar-refractivity contribution in [1.29, 1.82) is 0 Å². The van der Waals surface area contributed by atoms with Gasteiger partial charge in [0.25, 0.3) is 0 Å². The van der Waals surface area contributed by atoms with Crippen molar-refractivity contribution >= 4 is 10.0 Å². The molecule has 0 N–H and O–H groups in total. The van der Waals surface area contributed by atoms with E-state index in [1.165, 1.54) is 0 Å². The van der Waals surface area contributed by atoms with E-state index in [4.69, 9.17) is 4.74 Å². The fraction of sp³-hybridized carbons (Fsp3) is 0.368. The monoisotopic (exact) mass is 401 g/mol. The van der Waals surface area contributed by atoms with Gasteiger partial charge >= 0.3 is 0 Å². The first-order valence-corrected chi connectivity index (χ1v) is 10.5. The molecule has 1 aliphatic rings. The molecule has 0 saturated heterocycles. The van der Waals surface area contributed by atoms with Gasteiger partial charge in [0.05, 0.1) is 23.9 Å². The normalized spacial score (nSPS) is 14.6. The van der Waals surface area contributed by atoms with Crippen LogP contribution in [0.25, 0.3) is 11.3 Å². The number of methoxy groups -OCH3 is 1. The number of rotatable bonds is 7. The van der Waals surface area contributed by atoms with Crippen LogP contribution in [0.5, 0.6) is 5.75 Å². The first kappa shape index (κ1) is 18.7. The molecule has 0 amide bonds. The average molecular weight is 401 g/mol. The Balaban J connectivity index is 1.70. The second-order valence-electron chi connectivity index (χ2n) is 7.01. The Morgan fingerprint density at radius 1 is 1.21 bits per heavy atom. The molecular formula is C19H23N5O3S. The van der Waals surface area contributed by atoms with Crippen molar-refractivity contribution in [2.75, 3.05) is 7.11 Å². The van der Waals surface area contributed by atoms with E-state index in [0.717, 1.165) is 29.7 Å². The molecule has 4 rings (SSSR count). The predicted octanol–water partition coefficient (Wildman–Crippen LogP) is 2.18. The second-order valence-corrected chi connectivity index (χ2v) is 8.90. The highest BCUT2D eigenvalue weighted by atomic mass is 32.2. The highest BCUT2D eigenvalue weighted by molar-refractivity contribution is 7.89. The average Bonchev–Trinajstić information content (AvgIpc) is 3.29. The van der Waals surface area contributed by atoms with E-state index >= 15 is 0 Å². The van der Waals surface area contributed by atoms with E-state index < -0.39 is 10.0 Å².